The third kappa shape index (κ3) is 42.3. The van der Waals surface area contributed by atoms with E-state index in [2.05, 4.69) is 54.5 Å². The number of carbonyl (C=O) groups excluding carboxylic acids is 1. The first-order valence-corrected chi connectivity index (χ1v) is 30.6. The summed E-state index contributed by atoms with van der Waals surface area (Å²) in [6.45, 7) is 4.02. The largest absolute Gasteiger partial charge is 0.457 e. The number of unbranched alkanes of at least 4 members (excludes halogenated alkanes) is 33. The number of ether oxygens (including phenoxy) is 4. The van der Waals surface area contributed by atoms with E-state index in [9.17, 15) is 33.1 Å². The van der Waals surface area contributed by atoms with Gasteiger partial charge in [0, 0.05) is 13.0 Å². The van der Waals surface area contributed by atoms with E-state index < -0.39 is 59.8 Å². The normalized spacial score (nSPS) is 19.2. The fraction of sp³-hybridized carbons (Fsp3) is 0.879. The standard InChI is InChI=1S/C58H108O12S/c1-3-5-7-9-11-13-15-17-19-21-23-25-26-27-28-30-32-34-36-38-40-42-44-46-48-66-50-52(51-67-58-56(62)57(70-71(63,64)65)55(61)53(49-59)69-58)68-54(60)47-45-43-41-39-37-35-33-31-29-24-22-20-18-16-14-12-10-8-6-4-2/h15,17,21,23,26-27,52-53,55-59,61-62H,3-14,16,18-20,22,24-25,28-51H2,1-2H3,(H,63,64,65)/b17-15-,23-21-,27-26-. The zero-order valence-electron chi connectivity index (χ0n) is 45.3. The van der Waals surface area contributed by atoms with E-state index in [-0.39, 0.29) is 19.6 Å². The number of aliphatic hydroxyl groups excluding tert-OH is 3. The molecule has 1 saturated heterocycles. The van der Waals surface area contributed by atoms with Crippen LogP contribution in [0.5, 0.6) is 0 Å². The molecule has 1 fully saturated rings. The maximum atomic E-state index is 13.0. The van der Waals surface area contributed by atoms with Gasteiger partial charge in [0.15, 0.2) is 6.29 Å². The zero-order chi connectivity index (χ0) is 51.7. The highest BCUT2D eigenvalue weighted by Gasteiger charge is 2.48. The Balaban J connectivity index is 2.29. The molecule has 0 amide bonds. The lowest BCUT2D eigenvalue weighted by Gasteiger charge is -2.41. The maximum absolute atomic E-state index is 13.0. The van der Waals surface area contributed by atoms with E-state index in [0.29, 0.717) is 13.0 Å². The summed E-state index contributed by atoms with van der Waals surface area (Å²) in [6.07, 6.45) is 51.8. The van der Waals surface area contributed by atoms with Crippen molar-refractivity contribution in [2.45, 2.75) is 301 Å². The summed E-state index contributed by atoms with van der Waals surface area (Å²) >= 11 is 0. The number of allylic oxidation sites excluding steroid dienone is 6. The van der Waals surface area contributed by atoms with E-state index in [0.717, 1.165) is 57.8 Å². The Bertz CT molecular complexity index is 1370. The van der Waals surface area contributed by atoms with Crippen molar-refractivity contribution in [2.75, 3.05) is 26.4 Å². The van der Waals surface area contributed by atoms with Gasteiger partial charge in [-0.1, -0.05) is 243 Å². The summed E-state index contributed by atoms with van der Waals surface area (Å²) < 4.78 is 59.4. The van der Waals surface area contributed by atoms with Gasteiger partial charge in [0.1, 0.15) is 30.5 Å². The fourth-order valence-corrected chi connectivity index (χ4v) is 9.60. The maximum Gasteiger partial charge on any atom is 0.397 e. The number of rotatable bonds is 52. The first-order valence-electron chi connectivity index (χ1n) is 29.2. The molecule has 0 bridgehead atoms. The van der Waals surface area contributed by atoms with Crippen LogP contribution in [-0.2, 0) is 38.3 Å². The van der Waals surface area contributed by atoms with Crippen molar-refractivity contribution < 1.29 is 56.2 Å². The van der Waals surface area contributed by atoms with Crippen molar-refractivity contribution in [3.63, 3.8) is 0 Å². The van der Waals surface area contributed by atoms with Crippen LogP contribution in [0.2, 0.25) is 0 Å². The Morgan fingerprint density at radius 2 is 0.930 bits per heavy atom. The number of carbonyl (C=O) groups is 1. The lowest BCUT2D eigenvalue weighted by molar-refractivity contribution is -0.301. The number of esters is 1. The van der Waals surface area contributed by atoms with Crippen molar-refractivity contribution in [2.24, 2.45) is 0 Å². The van der Waals surface area contributed by atoms with E-state index in [4.69, 9.17) is 18.9 Å². The van der Waals surface area contributed by atoms with Gasteiger partial charge >= 0.3 is 16.4 Å². The Kier molecular flexibility index (Phi) is 46.7. The second-order valence-electron chi connectivity index (χ2n) is 20.2. The minimum atomic E-state index is -5.07. The summed E-state index contributed by atoms with van der Waals surface area (Å²) in [5.41, 5.74) is 0. The Morgan fingerprint density at radius 3 is 1.35 bits per heavy atom. The van der Waals surface area contributed by atoms with E-state index in [1.807, 2.05) is 0 Å². The molecule has 0 aromatic rings. The molecule has 6 atom stereocenters. The second kappa shape index (κ2) is 49.2. The third-order valence-electron chi connectivity index (χ3n) is 13.5. The molecule has 1 rings (SSSR count). The van der Waals surface area contributed by atoms with Gasteiger partial charge in [0.25, 0.3) is 0 Å². The summed E-state index contributed by atoms with van der Waals surface area (Å²) in [7, 11) is -5.07. The lowest BCUT2D eigenvalue weighted by atomic mass is 9.99. The van der Waals surface area contributed by atoms with Gasteiger partial charge < -0.3 is 34.3 Å². The molecule has 6 unspecified atom stereocenters. The minimum absolute atomic E-state index is 0.0354. The average Bonchev–Trinajstić information content (AvgIpc) is 3.35. The highest BCUT2D eigenvalue weighted by Crippen LogP contribution is 2.26. The van der Waals surface area contributed by atoms with Gasteiger partial charge in [-0.25, -0.2) is 4.18 Å². The van der Waals surface area contributed by atoms with Crippen LogP contribution in [0.1, 0.15) is 264 Å². The summed E-state index contributed by atoms with van der Waals surface area (Å²) in [6, 6.07) is 0. The fourth-order valence-electron chi connectivity index (χ4n) is 9.09. The molecule has 13 heteroatoms. The highest BCUT2D eigenvalue weighted by atomic mass is 32.3. The zero-order valence-corrected chi connectivity index (χ0v) is 46.1. The third-order valence-corrected chi connectivity index (χ3v) is 14.0. The van der Waals surface area contributed by atoms with Crippen LogP contribution in [-0.4, -0.2) is 97.5 Å². The molecule has 71 heavy (non-hydrogen) atoms. The van der Waals surface area contributed by atoms with E-state index in [1.54, 1.807) is 0 Å². The molecule has 0 aliphatic carbocycles. The molecule has 4 N–H and O–H groups in total. The molecule has 12 nitrogen and oxygen atoms in total. The van der Waals surface area contributed by atoms with Gasteiger partial charge in [-0.05, 0) is 51.4 Å². The molecular formula is C58H108O12S. The number of hydrogen-bond acceptors (Lipinski definition) is 11. The van der Waals surface area contributed by atoms with Crippen molar-refractivity contribution in [3.05, 3.63) is 36.5 Å². The predicted octanol–water partition coefficient (Wildman–Crippen LogP) is 14.5. The van der Waals surface area contributed by atoms with Gasteiger partial charge in [-0.2, -0.15) is 8.42 Å². The van der Waals surface area contributed by atoms with Crippen LogP contribution in [0.3, 0.4) is 0 Å². The molecule has 0 radical (unpaired) electrons. The van der Waals surface area contributed by atoms with Crippen LogP contribution >= 0.6 is 0 Å². The molecule has 1 aliphatic rings. The van der Waals surface area contributed by atoms with Gasteiger partial charge in [-0.15, -0.1) is 0 Å². The molecule has 418 valence electrons. The summed E-state index contributed by atoms with van der Waals surface area (Å²) in [5, 5.41) is 30.8. The Hall–Kier alpha value is -1.68. The quantitative estimate of drug-likeness (QED) is 0.0196. The van der Waals surface area contributed by atoms with Crippen LogP contribution in [0, 0.1) is 0 Å². The van der Waals surface area contributed by atoms with Gasteiger partial charge in [-0.3, -0.25) is 9.35 Å². The first kappa shape index (κ1) is 67.3. The van der Waals surface area contributed by atoms with Crippen LogP contribution in [0.15, 0.2) is 36.5 Å². The Morgan fingerprint density at radius 1 is 0.535 bits per heavy atom. The summed E-state index contributed by atoms with van der Waals surface area (Å²) in [5.74, 6) is -0.396. The van der Waals surface area contributed by atoms with Crippen LogP contribution < -0.4 is 0 Å². The lowest BCUT2D eigenvalue weighted by Crippen LogP contribution is -2.60. The van der Waals surface area contributed by atoms with Gasteiger partial charge in [0.2, 0.25) is 0 Å². The number of aliphatic hydroxyl groups is 3. The molecule has 0 saturated carbocycles. The molecule has 1 heterocycles. The van der Waals surface area contributed by atoms with E-state index in [1.165, 1.54) is 180 Å². The highest BCUT2D eigenvalue weighted by molar-refractivity contribution is 7.80. The Labute approximate surface area is 434 Å². The van der Waals surface area contributed by atoms with Crippen LogP contribution in [0.25, 0.3) is 0 Å². The van der Waals surface area contributed by atoms with E-state index >= 15 is 0 Å². The molecule has 0 spiro atoms. The molecule has 1 aliphatic heterocycles. The van der Waals surface area contributed by atoms with Crippen LogP contribution in [0.4, 0.5) is 0 Å². The smallest absolute Gasteiger partial charge is 0.397 e. The predicted molar refractivity (Wildman–Crippen MR) is 290 cm³/mol. The second-order valence-corrected chi connectivity index (χ2v) is 21.3. The SMILES string of the molecule is CCCCCCC/C=C\C/C=C\C/C=C\CCCCCCCCCCCOCC(COC1OC(CO)C(O)C(OS(=O)(=O)O)C1O)OC(=O)CCCCCCCCCCCCCCCCCCCCCC. The van der Waals surface area contributed by atoms with Crippen molar-refractivity contribution in [1.82, 2.24) is 0 Å². The number of hydrogen-bond donors (Lipinski definition) is 4. The summed E-state index contributed by atoms with van der Waals surface area (Å²) in [4.78, 5) is 13.0. The minimum Gasteiger partial charge on any atom is -0.457 e. The first-order chi connectivity index (χ1) is 34.6. The molecule has 0 aromatic heterocycles. The molecule has 0 aromatic carbocycles. The van der Waals surface area contributed by atoms with Crippen molar-refractivity contribution >= 4 is 16.4 Å². The van der Waals surface area contributed by atoms with Gasteiger partial charge in [0.05, 0.1) is 19.8 Å². The van der Waals surface area contributed by atoms with Crippen molar-refractivity contribution in [3.8, 4) is 0 Å². The monoisotopic (exact) mass is 1030 g/mol. The topological polar surface area (TPSA) is 178 Å². The average molecular weight is 1030 g/mol. The van der Waals surface area contributed by atoms with Crippen molar-refractivity contribution in [1.29, 1.82) is 0 Å². The molecular weight excluding hydrogens is 921 g/mol.